The molecule has 6 heteroatoms. The van der Waals surface area contributed by atoms with Crippen LogP contribution in [0.4, 0.5) is 10.1 Å². The summed E-state index contributed by atoms with van der Waals surface area (Å²) < 4.78 is 18.9. The molecule has 0 heterocycles. The van der Waals surface area contributed by atoms with Gasteiger partial charge in [-0.15, -0.1) is 0 Å². The first-order valence-corrected chi connectivity index (χ1v) is 9.49. The number of hydrogen-bond donors (Lipinski definition) is 1. The molecule has 3 aromatic carbocycles. The van der Waals surface area contributed by atoms with Crippen LogP contribution < -0.4 is 10.1 Å². The number of hydrogen-bond acceptors (Lipinski definition) is 3. The van der Waals surface area contributed by atoms with Crippen molar-refractivity contribution in [2.45, 2.75) is 13.5 Å². The van der Waals surface area contributed by atoms with Crippen molar-refractivity contribution < 1.29 is 13.9 Å². The summed E-state index contributed by atoms with van der Waals surface area (Å²) in [5.41, 5.74) is 2.86. The van der Waals surface area contributed by atoms with Crippen LogP contribution in [0.5, 0.6) is 5.75 Å². The molecule has 0 radical (unpaired) electrons. The lowest BCUT2D eigenvalue weighted by molar-refractivity contribution is -0.112. The SMILES string of the molecule is Cc1cccc(COc2ccc(Cl)cc2/C=C(\C#N)C(=O)Nc2ccc(F)cc2)c1. The first-order valence-electron chi connectivity index (χ1n) is 9.11. The number of nitrogens with one attached hydrogen (secondary N) is 1. The normalized spacial score (nSPS) is 10.9. The lowest BCUT2D eigenvalue weighted by Gasteiger charge is -2.11. The predicted octanol–water partition coefficient (Wildman–Crippen LogP) is 5.91. The molecule has 0 fully saturated rings. The summed E-state index contributed by atoms with van der Waals surface area (Å²) in [6.45, 7) is 2.33. The van der Waals surface area contributed by atoms with Crippen LogP contribution in [-0.2, 0) is 11.4 Å². The average molecular weight is 421 g/mol. The van der Waals surface area contributed by atoms with Crippen molar-refractivity contribution in [3.8, 4) is 11.8 Å². The number of carbonyl (C=O) groups excluding carboxylic acids is 1. The molecule has 0 atom stereocenters. The van der Waals surface area contributed by atoms with Gasteiger partial charge in [0.05, 0.1) is 0 Å². The molecule has 0 saturated heterocycles. The van der Waals surface area contributed by atoms with Gasteiger partial charge in [-0.3, -0.25) is 4.79 Å². The second-order valence-electron chi connectivity index (χ2n) is 6.59. The predicted molar refractivity (Wildman–Crippen MR) is 116 cm³/mol. The maximum atomic E-state index is 13.0. The number of carbonyl (C=O) groups is 1. The smallest absolute Gasteiger partial charge is 0.266 e. The van der Waals surface area contributed by atoms with Gasteiger partial charge < -0.3 is 10.1 Å². The molecule has 0 aliphatic heterocycles. The van der Waals surface area contributed by atoms with E-state index >= 15 is 0 Å². The summed E-state index contributed by atoms with van der Waals surface area (Å²) in [7, 11) is 0. The van der Waals surface area contributed by atoms with E-state index in [9.17, 15) is 14.4 Å². The van der Waals surface area contributed by atoms with E-state index in [4.69, 9.17) is 16.3 Å². The van der Waals surface area contributed by atoms with Gasteiger partial charge in [-0.2, -0.15) is 5.26 Å². The highest BCUT2D eigenvalue weighted by Crippen LogP contribution is 2.26. The van der Waals surface area contributed by atoms with Gasteiger partial charge in [-0.1, -0.05) is 41.4 Å². The molecular formula is C24H18ClFN2O2. The van der Waals surface area contributed by atoms with Gasteiger partial charge in [0.1, 0.15) is 29.8 Å². The quantitative estimate of drug-likeness (QED) is 0.398. The summed E-state index contributed by atoms with van der Waals surface area (Å²) in [5, 5.41) is 12.5. The number of nitrogens with zero attached hydrogens (tertiary/aromatic N) is 1. The third-order valence-electron chi connectivity index (χ3n) is 4.22. The highest BCUT2D eigenvalue weighted by atomic mass is 35.5. The molecule has 4 nitrogen and oxygen atoms in total. The Labute approximate surface area is 179 Å². The molecule has 0 aliphatic rings. The van der Waals surface area contributed by atoms with Crippen molar-refractivity contribution in [1.82, 2.24) is 0 Å². The second-order valence-corrected chi connectivity index (χ2v) is 7.03. The number of amides is 1. The van der Waals surface area contributed by atoms with E-state index in [1.807, 2.05) is 37.3 Å². The lowest BCUT2D eigenvalue weighted by atomic mass is 10.1. The van der Waals surface area contributed by atoms with E-state index in [0.29, 0.717) is 28.6 Å². The number of benzene rings is 3. The van der Waals surface area contributed by atoms with Gasteiger partial charge in [0.25, 0.3) is 5.91 Å². The Morgan fingerprint density at radius 3 is 2.63 bits per heavy atom. The van der Waals surface area contributed by atoms with E-state index in [0.717, 1.165) is 11.1 Å². The molecule has 3 aromatic rings. The van der Waals surface area contributed by atoms with Gasteiger partial charge in [0, 0.05) is 16.3 Å². The lowest BCUT2D eigenvalue weighted by Crippen LogP contribution is -2.13. The summed E-state index contributed by atoms with van der Waals surface area (Å²) in [6.07, 6.45) is 1.41. The van der Waals surface area contributed by atoms with Crippen molar-refractivity contribution in [2.75, 3.05) is 5.32 Å². The number of anilines is 1. The van der Waals surface area contributed by atoms with Gasteiger partial charge >= 0.3 is 0 Å². The van der Waals surface area contributed by atoms with Crippen LogP contribution in [0.15, 0.2) is 72.3 Å². The number of halogens is 2. The van der Waals surface area contributed by atoms with E-state index in [2.05, 4.69) is 5.32 Å². The van der Waals surface area contributed by atoms with Gasteiger partial charge in [0.2, 0.25) is 0 Å². The molecule has 0 aliphatic carbocycles. The fraction of sp³-hybridized carbons (Fsp3) is 0.0833. The van der Waals surface area contributed by atoms with Crippen LogP contribution in [-0.4, -0.2) is 5.91 Å². The van der Waals surface area contributed by atoms with Crippen LogP contribution in [0.1, 0.15) is 16.7 Å². The third-order valence-corrected chi connectivity index (χ3v) is 4.45. The van der Waals surface area contributed by atoms with Crippen LogP contribution >= 0.6 is 11.6 Å². The maximum absolute atomic E-state index is 13.0. The minimum Gasteiger partial charge on any atom is -0.488 e. The minimum atomic E-state index is -0.617. The fourth-order valence-corrected chi connectivity index (χ4v) is 2.94. The van der Waals surface area contributed by atoms with Crippen LogP contribution in [0.25, 0.3) is 6.08 Å². The van der Waals surface area contributed by atoms with Crippen molar-refractivity contribution in [3.63, 3.8) is 0 Å². The Morgan fingerprint density at radius 1 is 1.17 bits per heavy atom. The monoisotopic (exact) mass is 420 g/mol. The van der Waals surface area contributed by atoms with E-state index < -0.39 is 11.7 Å². The molecule has 150 valence electrons. The first-order chi connectivity index (χ1) is 14.4. The van der Waals surface area contributed by atoms with Gasteiger partial charge in [-0.05, 0) is 61.0 Å². The number of aryl methyl sites for hydroxylation is 1. The van der Waals surface area contributed by atoms with Crippen LogP contribution in [0, 0.1) is 24.1 Å². The zero-order valence-corrected chi connectivity index (χ0v) is 16.9. The number of rotatable bonds is 6. The van der Waals surface area contributed by atoms with E-state index in [1.54, 1.807) is 18.2 Å². The molecule has 1 amide bonds. The van der Waals surface area contributed by atoms with Crippen molar-refractivity contribution in [1.29, 1.82) is 5.26 Å². The Kier molecular flexibility index (Phi) is 6.84. The second kappa shape index (κ2) is 9.73. The Bertz CT molecular complexity index is 1130. The molecule has 0 spiro atoms. The molecule has 0 aromatic heterocycles. The Morgan fingerprint density at radius 2 is 1.93 bits per heavy atom. The van der Waals surface area contributed by atoms with E-state index in [1.165, 1.54) is 30.3 Å². The topological polar surface area (TPSA) is 62.1 Å². The molecule has 30 heavy (non-hydrogen) atoms. The standard InChI is InChI=1S/C24H18ClFN2O2/c1-16-3-2-4-17(11-16)15-30-23-10-5-20(25)13-18(23)12-19(14-27)24(29)28-22-8-6-21(26)7-9-22/h2-13H,15H2,1H3,(H,28,29)/b19-12+. The third kappa shape index (κ3) is 5.69. The Balaban J connectivity index is 1.82. The first kappa shape index (κ1) is 21.1. The minimum absolute atomic E-state index is 0.137. The molecule has 3 rings (SSSR count). The number of nitriles is 1. The van der Waals surface area contributed by atoms with Crippen LogP contribution in [0.2, 0.25) is 5.02 Å². The van der Waals surface area contributed by atoms with Gasteiger partial charge in [-0.25, -0.2) is 4.39 Å². The van der Waals surface area contributed by atoms with E-state index in [-0.39, 0.29) is 5.57 Å². The highest BCUT2D eigenvalue weighted by molar-refractivity contribution is 6.30. The summed E-state index contributed by atoms with van der Waals surface area (Å²) in [5.74, 6) is -0.546. The summed E-state index contributed by atoms with van der Waals surface area (Å²) in [6, 6.07) is 20.1. The summed E-state index contributed by atoms with van der Waals surface area (Å²) >= 11 is 6.10. The molecule has 0 bridgehead atoms. The molecule has 0 unspecified atom stereocenters. The number of ether oxygens (including phenoxy) is 1. The summed E-state index contributed by atoms with van der Waals surface area (Å²) in [4.78, 5) is 12.5. The maximum Gasteiger partial charge on any atom is 0.266 e. The molecule has 1 N–H and O–H groups in total. The van der Waals surface area contributed by atoms with Crippen molar-refractivity contribution >= 4 is 29.3 Å². The molecule has 0 saturated carbocycles. The Hall–Kier alpha value is -3.62. The fourth-order valence-electron chi connectivity index (χ4n) is 2.76. The van der Waals surface area contributed by atoms with Gasteiger partial charge in [0.15, 0.2) is 0 Å². The zero-order chi connectivity index (χ0) is 21.5. The van der Waals surface area contributed by atoms with Crippen molar-refractivity contribution in [3.05, 3.63) is 99.8 Å². The van der Waals surface area contributed by atoms with Crippen molar-refractivity contribution in [2.24, 2.45) is 0 Å². The molecular weight excluding hydrogens is 403 g/mol. The highest BCUT2D eigenvalue weighted by Gasteiger charge is 2.12. The van der Waals surface area contributed by atoms with Crippen LogP contribution in [0.3, 0.4) is 0 Å². The zero-order valence-electron chi connectivity index (χ0n) is 16.2. The largest absolute Gasteiger partial charge is 0.488 e. The average Bonchev–Trinajstić information content (AvgIpc) is 2.73.